The van der Waals surface area contributed by atoms with Gasteiger partial charge in [-0.3, -0.25) is 9.69 Å². The number of nitrogens with one attached hydrogen (secondary N) is 1. The predicted octanol–water partition coefficient (Wildman–Crippen LogP) is 1.36. The molecule has 0 radical (unpaired) electrons. The molecule has 1 N–H and O–H groups in total. The van der Waals surface area contributed by atoms with Crippen LogP contribution in [0.4, 0.5) is 0 Å². The van der Waals surface area contributed by atoms with E-state index in [2.05, 4.69) is 24.1 Å². The maximum Gasteiger partial charge on any atom is 0.324 e. The lowest BCUT2D eigenvalue weighted by molar-refractivity contribution is -0.152. The summed E-state index contributed by atoms with van der Waals surface area (Å²) in [7, 11) is 0. The highest BCUT2D eigenvalue weighted by molar-refractivity contribution is 7.99. The van der Waals surface area contributed by atoms with E-state index in [0.717, 1.165) is 25.4 Å². The van der Waals surface area contributed by atoms with E-state index in [-0.39, 0.29) is 17.4 Å². The summed E-state index contributed by atoms with van der Waals surface area (Å²) < 4.78 is 5.24. The van der Waals surface area contributed by atoms with Crippen LogP contribution < -0.4 is 5.32 Å². The van der Waals surface area contributed by atoms with Gasteiger partial charge in [0, 0.05) is 31.4 Å². The number of piperazine rings is 1. The molecule has 0 aromatic carbocycles. The monoisotopic (exact) mass is 286 g/mol. The summed E-state index contributed by atoms with van der Waals surface area (Å²) in [5.74, 6) is 2.30. The standard InChI is InChI=1S/C14H26N2O2S/c1-4-18-13(17)11-9-15-6-7-16(11)12-10-19-8-5-14(12,2)3/h11-12,15H,4-10H2,1-3H3. The Kier molecular flexibility index (Phi) is 5.15. The Morgan fingerprint density at radius 3 is 3.00 bits per heavy atom. The number of rotatable bonds is 3. The van der Waals surface area contributed by atoms with Crippen molar-refractivity contribution in [3.05, 3.63) is 0 Å². The van der Waals surface area contributed by atoms with Gasteiger partial charge in [0.15, 0.2) is 0 Å². The fraction of sp³-hybridized carbons (Fsp3) is 0.929. The zero-order valence-electron chi connectivity index (χ0n) is 12.3. The molecule has 0 spiro atoms. The van der Waals surface area contributed by atoms with Crippen LogP contribution in [0.2, 0.25) is 0 Å². The van der Waals surface area contributed by atoms with E-state index in [9.17, 15) is 4.79 Å². The van der Waals surface area contributed by atoms with E-state index in [4.69, 9.17) is 4.74 Å². The Hall–Kier alpha value is -0.260. The molecule has 0 amide bonds. The van der Waals surface area contributed by atoms with Crippen LogP contribution >= 0.6 is 11.8 Å². The third kappa shape index (κ3) is 3.44. The first-order chi connectivity index (χ1) is 9.06. The van der Waals surface area contributed by atoms with Crippen LogP contribution in [0.5, 0.6) is 0 Å². The number of hydrogen-bond donors (Lipinski definition) is 1. The molecule has 5 heteroatoms. The number of hydrogen-bond acceptors (Lipinski definition) is 5. The minimum absolute atomic E-state index is 0.0685. The first-order valence-electron chi connectivity index (χ1n) is 7.27. The lowest BCUT2D eigenvalue weighted by Gasteiger charge is -2.49. The molecule has 0 aliphatic carbocycles. The number of thioether (sulfide) groups is 1. The van der Waals surface area contributed by atoms with Gasteiger partial charge in [-0.05, 0) is 24.5 Å². The van der Waals surface area contributed by atoms with Crippen LogP contribution in [-0.4, -0.2) is 60.7 Å². The fourth-order valence-corrected chi connectivity index (χ4v) is 4.72. The molecule has 0 saturated carbocycles. The van der Waals surface area contributed by atoms with Gasteiger partial charge in [-0.15, -0.1) is 0 Å². The number of carbonyl (C=O) groups is 1. The van der Waals surface area contributed by atoms with Gasteiger partial charge in [-0.2, -0.15) is 11.8 Å². The molecule has 2 atom stereocenters. The summed E-state index contributed by atoms with van der Waals surface area (Å²) in [5, 5.41) is 3.32. The summed E-state index contributed by atoms with van der Waals surface area (Å²) in [4.78, 5) is 14.5. The van der Waals surface area contributed by atoms with Gasteiger partial charge in [-0.25, -0.2) is 0 Å². The zero-order valence-corrected chi connectivity index (χ0v) is 13.1. The molecule has 0 aromatic rings. The molecule has 2 fully saturated rings. The van der Waals surface area contributed by atoms with Crippen molar-refractivity contribution in [3.8, 4) is 0 Å². The molecular weight excluding hydrogens is 260 g/mol. The van der Waals surface area contributed by atoms with E-state index in [1.165, 1.54) is 12.2 Å². The first kappa shape index (κ1) is 15.1. The Morgan fingerprint density at radius 2 is 2.32 bits per heavy atom. The molecule has 110 valence electrons. The maximum absolute atomic E-state index is 12.2. The lowest BCUT2D eigenvalue weighted by Crippen LogP contribution is -2.63. The predicted molar refractivity (Wildman–Crippen MR) is 79.5 cm³/mol. The normalized spacial score (nSPS) is 31.9. The van der Waals surface area contributed by atoms with Crippen molar-refractivity contribution in [1.29, 1.82) is 0 Å². The van der Waals surface area contributed by atoms with Gasteiger partial charge in [-0.1, -0.05) is 13.8 Å². The fourth-order valence-electron chi connectivity index (χ4n) is 3.02. The molecule has 4 nitrogen and oxygen atoms in total. The van der Waals surface area contributed by atoms with Crippen LogP contribution in [0.25, 0.3) is 0 Å². The number of esters is 1. The third-order valence-corrected chi connectivity index (χ3v) is 5.36. The second-order valence-corrected chi connectivity index (χ2v) is 7.19. The highest BCUT2D eigenvalue weighted by Gasteiger charge is 2.42. The highest BCUT2D eigenvalue weighted by Crippen LogP contribution is 2.38. The van der Waals surface area contributed by atoms with Crippen molar-refractivity contribution in [2.24, 2.45) is 5.41 Å². The van der Waals surface area contributed by atoms with Gasteiger partial charge in [0.25, 0.3) is 0 Å². The zero-order chi connectivity index (χ0) is 13.9. The Bertz CT molecular complexity index is 323. The van der Waals surface area contributed by atoms with Gasteiger partial charge in [0.2, 0.25) is 0 Å². The average molecular weight is 286 g/mol. The maximum atomic E-state index is 12.2. The van der Waals surface area contributed by atoms with Crippen molar-refractivity contribution in [3.63, 3.8) is 0 Å². The van der Waals surface area contributed by atoms with Crippen molar-refractivity contribution in [2.45, 2.75) is 39.3 Å². The van der Waals surface area contributed by atoms with Gasteiger partial charge < -0.3 is 10.1 Å². The van der Waals surface area contributed by atoms with E-state index in [1.807, 2.05) is 18.7 Å². The van der Waals surface area contributed by atoms with Crippen molar-refractivity contribution in [2.75, 3.05) is 37.7 Å². The average Bonchev–Trinajstić information content (AvgIpc) is 2.38. The smallest absolute Gasteiger partial charge is 0.324 e. The van der Waals surface area contributed by atoms with Crippen LogP contribution in [0.3, 0.4) is 0 Å². The summed E-state index contributed by atoms with van der Waals surface area (Å²) in [6.45, 7) is 9.63. The van der Waals surface area contributed by atoms with Gasteiger partial charge in [0.1, 0.15) is 6.04 Å². The Morgan fingerprint density at radius 1 is 1.53 bits per heavy atom. The van der Waals surface area contributed by atoms with Crippen molar-refractivity contribution in [1.82, 2.24) is 10.2 Å². The van der Waals surface area contributed by atoms with Crippen LogP contribution in [0.15, 0.2) is 0 Å². The highest BCUT2D eigenvalue weighted by atomic mass is 32.2. The van der Waals surface area contributed by atoms with Crippen LogP contribution in [-0.2, 0) is 9.53 Å². The molecule has 0 aromatic heterocycles. The summed E-state index contributed by atoms with van der Waals surface area (Å²) in [6.07, 6.45) is 1.22. The van der Waals surface area contributed by atoms with Gasteiger partial charge >= 0.3 is 5.97 Å². The molecule has 19 heavy (non-hydrogen) atoms. The van der Waals surface area contributed by atoms with E-state index >= 15 is 0 Å². The molecule has 2 aliphatic rings. The molecule has 2 saturated heterocycles. The molecule has 2 heterocycles. The molecule has 2 aliphatic heterocycles. The summed E-state index contributed by atoms with van der Waals surface area (Å²) in [6, 6.07) is 0.361. The number of ether oxygens (including phenoxy) is 1. The van der Waals surface area contributed by atoms with Crippen LogP contribution in [0.1, 0.15) is 27.2 Å². The van der Waals surface area contributed by atoms with Gasteiger partial charge in [0.05, 0.1) is 6.61 Å². The summed E-state index contributed by atoms with van der Waals surface area (Å²) >= 11 is 2.01. The van der Waals surface area contributed by atoms with Crippen molar-refractivity contribution >= 4 is 17.7 Å². The minimum Gasteiger partial charge on any atom is -0.465 e. The van der Waals surface area contributed by atoms with Crippen molar-refractivity contribution < 1.29 is 9.53 Å². The second-order valence-electron chi connectivity index (χ2n) is 6.04. The lowest BCUT2D eigenvalue weighted by atomic mass is 9.80. The third-order valence-electron chi connectivity index (χ3n) is 4.31. The molecule has 2 unspecified atom stereocenters. The molecule has 0 bridgehead atoms. The quantitative estimate of drug-likeness (QED) is 0.793. The largest absolute Gasteiger partial charge is 0.465 e. The Balaban J connectivity index is 2.12. The topological polar surface area (TPSA) is 41.6 Å². The van der Waals surface area contributed by atoms with E-state index in [1.54, 1.807) is 0 Å². The molecule has 2 rings (SSSR count). The second kappa shape index (κ2) is 6.46. The van der Waals surface area contributed by atoms with E-state index in [0.29, 0.717) is 12.6 Å². The summed E-state index contributed by atoms with van der Waals surface area (Å²) in [5.41, 5.74) is 0.285. The first-order valence-corrected chi connectivity index (χ1v) is 8.42. The molecular formula is C14H26N2O2S. The minimum atomic E-state index is -0.114. The number of nitrogens with zero attached hydrogens (tertiary/aromatic N) is 1. The Labute approximate surface area is 120 Å². The number of carbonyl (C=O) groups excluding carboxylic acids is 1. The SMILES string of the molecule is CCOC(=O)C1CNCCN1C1CSCCC1(C)C. The van der Waals surface area contributed by atoms with Crippen LogP contribution in [0, 0.1) is 5.41 Å². The van der Waals surface area contributed by atoms with E-state index < -0.39 is 0 Å².